The van der Waals surface area contributed by atoms with E-state index in [-0.39, 0.29) is 0 Å². The van der Waals surface area contributed by atoms with Crippen LogP contribution in [0.3, 0.4) is 0 Å². The summed E-state index contributed by atoms with van der Waals surface area (Å²) in [7, 11) is 0. The molecule has 1 saturated heterocycles. The number of aromatic nitrogens is 6. The lowest BCUT2D eigenvalue weighted by Gasteiger charge is -2.25. The summed E-state index contributed by atoms with van der Waals surface area (Å²) in [6, 6.07) is 4.14. The van der Waals surface area contributed by atoms with Crippen molar-refractivity contribution < 1.29 is 4.74 Å². The van der Waals surface area contributed by atoms with Gasteiger partial charge in [-0.2, -0.15) is 0 Å². The summed E-state index contributed by atoms with van der Waals surface area (Å²) < 4.78 is 7.30. The lowest BCUT2D eigenvalue weighted by atomic mass is 10.2. The second-order valence-corrected chi connectivity index (χ2v) is 10.3. The molecule has 0 radical (unpaired) electrons. The monoisotopic (exact) mass is 459 g/mol. The molecule has 0 aliphatic carbocycles. The predicted octanol–water partition coefficient (Wildman–Crippen LogP) is 3.39. The SMILES string of the molecule is Cc1sc2nc(CN3CCOCC3)nc(Sc3nnnn3Cc3cccs3)c2c1C. The highest BCUT2D eigenvalue weighted by Gasteiger charge is 2.20. The van der Waals surface area contributed by atoms with Crippen LogP contribution >= 0.6 is 34.4 Å². The lowest BCUT2D eigenvalue weighted by molar-refractivity contribution is 0.0330. The molecule has 5 heterocycles. The number of rotatable bonds is 6. The molecule has 1 fully saturated rings. The van der Waals surface area contributed by atoms with E-state index in [4.69, 9.17) is 14.7 Å². The van der Waals surface area contributed by atoms with Crippen LogP contribution in [0, 0.1) is 13.8 Å². The van der Waals surface area contributed by atoms with Gasteiger partial charge in [-0.25, -0.2) is 14.6 Å². The van der Waals surface area contributed by atoms with Crippen molar-refractivity contribution in [1.29, 1.82) is 0 Å². The first kappa shape index (κ1) is 20.0. The van der Waals surface area contributed by atoms with Crippen molar-refractivity contribution >= 4 is 44.7 Å². The van der Waals surface area contributed by atoms with E-state index in [0.717, 1.165) is 59.1 Å². The quantitative estimate of drug-likeness (QED) is 0.406. The molecular formula is C19H21N7OS3. The van der Waals surface area contributed by atoms with Crippen molar-refractivity contribution in [1.82, 2.24) is 35.1 Å². The normalized spacial score (nSPS) is 15.3. The Kier molecular flexibility index (Phi) is 5.79. The van der Waals surface area contributed by atoms with E-state index < -0.39 is 0 Å². The van der Waals surface area contributed by atoms with Crippen molar-refractivity contribution in [2.45, 2.75) is 37.1 Å². The second kappa shape index (κ2) is 8.67. The van der Waals surface area contributed by atoms with E-state index >= 15 is 0 Å². The fourth-order valence-corrected chi connectivity index (χ4v) is 6.12. The topological polar surface area (TPSA) is 81.8 Å². The average Bonchev–Trinajstić information content (AvgIpc) is 3.46. The highest BCUT2D eigenvalue weighted by molar-refractivity contribution is 7.99. The van der Waals surface area contributed by atoms with Crippen molar-refractivity contribution in [2.24, 2.45) is 0 Å². The highest BCUT2D eigenvalue weighted by atomic mass is 32.2. The van der Waals surface area contributed by atoms with Crippen LogP contribution < -0.4 is 0 Å². The predicted molar refractivity (Wildman–Crippen MR) is 118 cm³/mol. The Hall–Kier alpha value is -1.92. The van der Waals surface area contributed by atoms with Gasteiger partial charge in [0.15, 0.2) is 0 Å². The van der Waals surface area contributed by atoms with Gasteiger partial charge in [0.2, 0.25) is 5.16 Å². The molecule has 0 aromatic carbocycles. The number of hydrogen-bond donors (Lipinski definition) is 0. The first-order chi connectivity index (χ1) is 14.7. The fraction of sp³-hybridized carbons (Fsp3) is 0.421. The summed E-state index contributed by atoms with van der Waals surface area (Å²) in [4.78, 5) is 15.7. The van der Waals surface area contributed by atoms with E-state index in [2.05, 4.69) is 45.7 Å². The number of morpholine rings is 1. The Morgan fingerprint density at radius 1 is 1.17 bits per heavy atom. The number of thiophene rings is 2. The van der Waals surface area contributed by atoms with Crippen LogP contribution in [0.4, 0.5) is 0 Å². The highest BCUT2D eigenvalue weighted by Crippen LogP contribution is 2.37. The molecule has 4 aromatic rings. The van der Waals surface area contributed by atoms with Gasteiger partial charge in [0.1, 0.15) is 15.7 Å². The Balaban J connectivity index is 1.49. The summed E-state index contributed by atoms with van der Waals surface area (Å²) in [5, 5.41) is 17.2. The lowest BCUT2D eigenvalue weighted by Crippen LogP contribution is -2.36. The Morgan fingerprint density at radius 2 is 2.03 bits per heavy atom. The molecule has 0 unspecified atom stereocenters. The molecule has 11 heteroatoms. The zero-order valence-electron chi connectivity index (χ0n) is 16.7. The van der Waals surface area contributed by atoms with Crippen LogP contribution in [0.15, 0.2) is 27.7 Å². The minimum absolute atomic E-state index is 0.656. The first-order valence-electron chi connectivity index (χ1n) is 9.70. The number of hydrogen-bond acceptors (Lipinski definition) is 10. The third-order valence-corrected chi connectivity index (χ3v) is 8.01. The number of ether oxygens (including phenoxy) is 1. The Labute approximate surface area is 186 Å². The fourth-order valence-electron chi connectivity index (χ4n) is 3.36. The molecule has 4 aromatic heterocycles. The summed E-state index contributed by atoms with van der Waals surface area (Å²) in [6.07, 6.45) is 0. The minimum Gasteiger partial charge on any atom is -0.379 e. The number of aryl methyl sites for hydroxylation is 2. The smallest absolute Gasteiger partial charge is 0.215 e. The molecule has 0 N–H and O–H groups in total. The third-order valence-electron chi connectivity index (χ3n) is 5.08. The molecule has 0 amide bonds. The van der Waals surface area contributed by atoms with Crippen LogP contribution in [0.2, 0.25) is 0 Å². The minimum atomic E-state index is 0.656. The zero-order chi connectivity index (χ0) is 20.5. The van der Waals surface area contributed by atoms with Crippen LogP contribution in [-0.4, -0.2) is 61.4 Å². The van der Waals surface area contributed by atoms with Gasteiger partial charge in [-0.15, -0.1) is 27.8 Å². The maximum atomic E-state index is 5.47. The Bertz CT molecular complexity index is 1150. The summed E-state index contributed by atoms with van der Waals surface area (Å²) in [6.45, 7) is 9.00. The van der Waals surface area contributed by atoms with Gasteiger partial charge < -0.3 is 4.74 Å². The van der Waals surface area contributed by atoms with Crippen molar-refractivity contribution in [3.05, 3.63) is 38.7 Å². The molecule has 0 bridgehead atoms. The van der Waals surface area contributed by atoms with Gasteiger partial charge in [0.25, 0.3) is 0 Å². The molecular weight excluding hydrogens is 438 g/mol. The maximum absolute atomic E-state index is 5.47. The van der Waals surface area contributed by atoms with Crippen molar-refractivity contribution in [2.75, 3.05) is 26.3 Å². The number of nitrogens with zero attached hydrogens (tertiary/aromatic N) is 7. The van der Waals surface area contributed by atoms with E-state index in [0.29, 0.717) is 6.54 Å². The van der Waals surface area contributed by atoms with Crippen molar-refractivity contribution in [3.8, 4) is 0 Å². The Morgan fingerprint density at radius 3 is 2.83 bits per heavy atom. The van der Waals surface area contributed by atoms with Gasteiger partial charge in [0.05, 0.1) is 26.3 Å². The summed E-state index contributed by atoms with van der Waals surface area (Å²) >= 11 is 4.95. The van der Waals surface area contributed by atoms with E-state index in [1.54, 1.807) is 22.7 Å². The van der Waals surface area contributed by atoms with Gasteiger partial charge >= 0.3 is 0 Å². The summed E-state index contributed by atoms with van der Waals surface area (Å²) in [5.41, 5.74) is 1.23. The second-order valence-electron chi connectivity index (χ2n) is 7.10. The molecule has 5 rings (SSSR count). The first-order valence-corrected chi connectivity index (χ1v) is 12.2. The maximum Gasteiger partial charge on any atom is 0.215 e. The summed E-state index contributed by atoms with van der Waals surface area (Å²) in [5.74, 6) is 0.838. The van der Waals surface area contributed by atoms with E-state index in [1.807, 2.05) is 10.7 Å². The van der Waals surface area contributed by atoms with Crippen LogP contribution in [0.1, 0.15) is 21.1 Å². The molecule has 0 saturated carbocycles. The van der Waals surface area contributed by atoms with Gasteiger partial charge in [-0.1, -0.05) is 6.07 Å². The van der Waals surface area contributed by atoms with Crippen LogP contribution in [0.25, 0.3) is 10.2 Å². The molecule has 1 aliphatic heterocycles. The zero-order valence-corrected chi connectivity index (χ0v) is 19.2. The molecule has 8 nitrogen and oxygen atoms in total. The molecule has 156 valence electrons. The molecule has 1 aliphatic rings. The van der Waals surface area contributed by atoms with Crippen LogP contribution in [0.5, 0.6) is 0 Å². The standard InChI is InChI=1S/C19H21N7OS3/c1-12-13(2)29-17-16(12)18(21-15(20-17)11-25-5-7-27-8-6-25)30-19-22-23-24-26(19)10-14-4-3-9-28-14/h3-4,9H,5-8,10-11H2,1-2H3. The van der Waals surface area contributed by atoms with E-state index in [9.17, 15) is 0 Å². The third kappa shape index (κ3) is 4.12. The largest absolute Gasteiger partial charge is 0.379 e. The average molecular weight is 460 g/mol. The van der Waals surface area contributed by atoms with Gasteiger partial charge in [-0.3, -0.25) is 4.90 Å². The van der Waals surface area contributed by atoms with E-state index in [1.165, 1.54) is 27.1 Å². The molecule has 0 atom stereocenters. The molecule has 0 spiro atoms. The molecule has 30 heavy (non-hydrogen) atoms. The van der Waals surface area contributed by atoms with Crippen molar-refractivity contribution in [3.63, 3.8) is 0 Å². The van der Waals surface area contributed by atoms with Gasteiger partial charge in [-0.05, 0) is 53.0 Å². The van der Waals surface area contributed by atoms with Gasteiger partial charge in [0, 0.05) is 28.2 Å². The van der Waals surface area contributed by atoms with Crippen LogP contribution in [-0.2, 0) is 17.8 Å². The number of tetrazole rings is 1. The number of fused-ring (bicyclic) bond motifs is 1.